The van der Waals surface area contributed by atoms with E-state index in [1.54, 1.807) is 12.1 Å². The van der Waals surface area contributed by atoms with Crippen LogP contribution in [0.1, 0.15) is 78.9 Å². The van der Waals surface area contributed by atoms with Crippen LogP contribution in [-0.2, 0) is 4.79 Å². The van der Waals surface area contributed by atoms with Gasteiger partial charge in [-0.1, -0.05) is 54.9 Å². The van der Waals surface area contributed by atoms with Gasteiger partial charge in [-0.15, -0.1) is 0 Å². The molecule has 1 aromatic rings. The summed E-state index contributed by atoms with van der Waals surface area (Å²) < 4.78 is 5.87. The molecule has 0 saturated heterocycles. The molecule has 0 radical (unpaired) electrons. The van der Waals surface area contributed by atoms with Crippen molar-refractivity contribution < 1.29 is 14.6 Å². The molecule has 0 spiro atoms. The highest BCUT2D eigenvalue weighted by Crippen LogP contribution is 2.51. The van der Waals surface area contributed by atoms with Gasteiger partial charge in [0.05, 0.1) is 5.41 Å². The summed E-state index contributed by atoms with van der Waals surface area (Å²) in [5, 5.41) is 9.95. The summed E-state index contributed by atoms with van der Waals surface area (Å²) in [7, 11) is 0. The number of phenols is 1. The minimum atomic E-state index is -0.556. The average molecular weight is 349 g/mol. The molecule has 1 aromatic carbocycles. The molecule has 3 heteroatoms. The second kappa shape index (κ2) is 7.39. The zero-order chi connectivity index (χ0) is 19.6. The number of rotatable bonds is 5. The van der Waals surface area contributed by atoms with Crippen LogP contribution in [0.4, 0.5) is 0 Å². The maximum Gasteiger partial charge on any atom is 0.318 e. The molecule has 1 N–H and O–H groups in total. The predicted molar refractivity (Wildman–Crippen MR) is 104 cm³/mol. The number of benzene rings is 1. The number of carbonyl (C=O) groups is 1. The average Bonchev–Trinajstić information content (AvgIpc) is 2.41. The summed E-state index contributed by atoms with van der Waals surface area (Å²) in [6.45, 7) is 18.7. The summed E-state index contributed by atoms with van der Waals surface area (Å²) in [6, 6.07) is 3.47. The standard InChI is InChI=1S/C22H36O3/c1-10-11-22(21(7,8)9,14-20(4,5)6)19(24)25-17-12-15(2)18(23)16(3)13-17/h12-13,23H,10-11,14H2,1-9H3. The van der Waals surface area contributed by atoms with Gasteiger partial charge in [-0.05, 0) is 60.8 Å². The largest absolute Gasteiger partial charge is 0.507 e. The first-order valence-electron chi connectivity index (χ1n) is 9.26. The molecule has 0 saturated carbocycles. The van der Waals surface area contributed by atoms with Crippen LogP contribution >= 0.6 is 0 Å². The van der Waals surface area contributed by atoms with Crippen molar-refractivity contribution >= 4 is 5.97 Å². The van der Waals surface area contributed by atoms with Crippen molar-refractivity contribution in [1.82, 2.24) is 0 Å². The highest BCUT2D eigenvalue weighted by atomic mass is 16.5. The SMILES string of the molecule is CCCC(CC(C)(C)C)(C(=O)Oc1cc(C)c(O)c(C)c1)C(C)(C)C. The fraction of sp³-hybridized carbons (Fsp3) is 0.682. The molecule has 3 nitrogen and oxygen atoms in total. The Hall–Kier alpha value is -1.51. The van der Waals surface area contributed by atoms with Crippen LogP contribution in [0.5, 0.6) is 11.5 Å². The second-order valence-electron chi connectivity index (χ2n) is 9.61. The molecule has 1 rings (SSSR count). The van der Waals surface area contributed by atoms with Gasteiger partial charge in [0.2, 0.25) is 0 Å². The van der Waals surface area contributed by atoms with Gasteiger partial charge in [0.25, 0.3) is 0 Å². The van der Waals surface area contributed by atoms with Crippen molar-refractivity contribution in [3.05, 3.63) is 23.3 Å². The van der Waals surface area contributed by atoms with Crippen molar-refractivity contribution in [3.8, 4) is 11.5 Å². The molecular weight excluding hydrogens is 312 g/mol. The van der Waals surface area contributed by atoms with Crippen molar-refractivity contribution in [3.63, 3.8) is 0 Å². The third-order valence-electron chi connectivity index (χ3n) is 5.01. The molecule has 0 aliphatic heterocycles. The Bertz CT molecular complexity index is 594. The van der Waals surface area contributed by atoms with Crippen LogP contribution in [0.2, 0.25) is 0 Å². The van der Waals surface area contributed by atoms with Gasteiger partial charge < -0.3 is 9.84 Å². The van der Waals surface area contributed by atoms with Crippen LogP contribution in [-0.4, -0.2) is 11.1 Å². The zero-order valence-electron chi connectivity index (χ0n) is 17.5. The lowest BCUT2D eigenvalue weighted by Crippen LogP contribution is -2.47. The van der Waals surface area contributed by atoms with E-state index in [2.05, 4.69) is 48.5 Å². The number of carbonyl (C=O) groups excluding carboxylic acids is 1. The summed E-state index contributed by atoms with van der Waals surface area (Å²) in [6.07, 6.45) is 2.49. The van der Waals surface area contributed by atoms with Crippen molar-refractivity contribution in [2.24, 2.45) is 16.2 Å². The summed E-state index contributed by atoms with van der Waals surface area (Å²) >= 11 is 0. The monoisotopic (exact) mass is 348 g/mol. The third kappa shape index (κ3) is 4.99. The Labute approximate surface area is 153 Å². The van der Waals surface area contributed by atoms with Gasteiger partial charge >= 0.3 is 5.97 Å². The van der Waals surface area contributed by atoms with E-state index in [0.717, 1.165) is 30.4 Å². The molecule has 0 heterocycles. The van der Waals surface area contributed by atoms with Crippen LogP contribution in [0.25, 0.3) is 0 Å². The molecule has 1 unspecified atom stereocenters. The summed E-state index contributed by atoms with van der Waals surface area (Å²) in [4.78, 5) is 13.4. The van der Waals surface area contributed by atoms with Crippen molar-refractivity contribution in [2.45, 2.75) is 81.6 Å². The summed E-state index contributed by atoms with van der Waals surface area (Å²) in [5.74, 6) is 0.600. The van der Waals surface area contributed by atoms with E-state index in [0.29, 0.717) is 5.75 Å². The number of aryl methyl sites for hydroxylation is 2. The lowest BCUT2D eigenvalue weighted by Gasteiger charge is -2.46. The van der Waals surface area contributed by atoms with Crippen LogP contribution in [0.3, 0.4) is 0 Å². The first-order chi connectivity index (χ1) is 11.2. The van der Waals surface area contributed by atoms with Gasteiger partial charge in [0.15, 0.2) is 0 Å². The topological polar surface area (TPSA) is 46.5 Å². The minimum Gasteiger partial charge on any atom is -0.507 e. The Balaban J connectivity index is 3.32. The number of phenolic OH excluding ortho intramolecular Hbond substituents is 1. The predicted octanol–water partition coefficient (Wildman–Crippen LogP) is 6.18. The number of hydrogen-bond donors (Lipinski definition) is 1. The molecule has 0 aliphatic carbocycles. The smallest absolute Gasteiger partial charge is 0.318 e. The van der Waals surface area contributed by atoms with Gasteiger partial charge in [-0.25, -0.2) is 0 Å². The van der Waals surface area contributed by atoms with E-state index in [-0.39, 0.29) is 22.5 Å². The molecule has 142 valence electrons. The summed E-state index contributed by atoms with van der Waals surface area (Å²) in [5.41, 5.74) is 0.682. The molecule has 0 amide bonds. The first kappa shape index (κ1) is 21.5. The van der Waals surface area contributed by atoms with Crippen molar-refractivity contribution in [1.29, 1.82) is 0 Å². The molecule has 0 fully saturated rings. The molecule has 0 bridgehead atoms. The van der Waals surface area contributed by atoms with E-state index >= 15 is 0 Å². The Kier molecular flexibility index (Phi) is 6.36. The number of esters is 1. The minimum absolute atomic E-state index is 0.0161. The Morgan fingerprint density at radius 1 is 1.04 bits per heavy atom. The molecule has 25 heavy (non-hydrogen) atoms. The van der Waals surface area contributed by atoms with Crippen LogP contribution in [0, 0.1) is 30.1 Å². The maximum atomic E-state index is 13.4. The zero-order valence-corrected chi connectivity index (χ0v) is 17.5. The lowest BCUT2D eigenvalue weighted by molar-refractivity contribution is -0.157. The van der Waals surface area contributed by atoms with Gasteiger partial charge in [0.1, 0.15) is 11.5 Å². The quantitative estimate of drug-likeness (QED) is 0.510. The molecule has 1 atom stereocenters. The van der Waals surface area contributed by atoms with Gasteiger partial charge in [-0.2, -0.15) is 0 Å². The molecule has 0 aromatic heterocycles. The van der Waals surface area contributed by atoms with E-state index in [1.165, 1.54) is 0 Å². The fourth-order valence-electron chi connectivity index (χ4n) is 3.72. The highest BCUT2D eigenvalue weighted by molar-refractivity contribution is 5.80. The van der Waals surface area contributed by atoms with Gasteiger partial charge in [0, 0.05) is 0 Å². The Morgan fingerprint density at radius 3 is 1.88 bits per heavy atom. The Morgan fingerprint density at radius 2 is 1.52 bits per heavy atom. The molecular formula is C22H36O3. The van der Waals surface area contributed by atoms with E-state index in [1.807, 2.05) is 13.8 Å². The lowest BCUT2D eigenvalue weighted by atomic mass is 9.58. The number of aromatic hydroxyl groups is 1. The third-order valence-corrected chi connectivity index (χ3v) is 5.01. The van der Waals surface area contributed by atoms with E-state index in [4.69, 9.17) is 4.74 Å². The molecule has 0 aliphatic rings. The first-order valence-corrected chi connectivity index (χ1v) is 9.26. The van der Waals surface area contributed by atoms with Crippen molar-refractivity contribution in [2.75, 3.05) is 0 Å². The second-order valence-corrected chi connectivity index (χ2v) is 9.61. The number of ether oxygens (including phenoxy) is 1. The van der Waals surface area contributed by atoms with E-state index in [9.17, 15) is 9.90 Å². The van der Waals surface area contributed by atoms with E-state index < -0.39 is 5.41 Å². The van der Waals surface area contributed by atoms with Crippen LogP contribution < -0.4 is 4.74 Å². The fourth-order valence-corrected chi connectivity index (χ4v) is 3.72. The highest BCUT2D eigenvalue weighted by Gasteiger charge is 2.51. The number of hydrogen-bond acceptors (Lipinski definition) is 3. The van der Waals surface area contributed by atoms with Crippen LogP contribution in [0.15, 0.2) is 12.1 Å². The van der Waals surface area contributed by atoms with Gasteiger partial charge in [-0.3, -0.25) is 4.79 Å². The normalized spacial score (nSPS) is 14.9. The maximum absolute atomic E-state index is 13.4.